The number of aromatic nitrogens is 4. The lowest BCUT2D eigenvalue weighted by Crippen LogP contribution is -1.84. The lowest BCUT2D eigenvalue weighted by molar-refractivity contribution is 1.12. The van der Waals surface area contributed by atoms with Crippen LogP contribution in [0.5, 0.6) is 0 Å². The second-order valence-corrected chi connectivity index (χ2v) is 2.92. The minimum Gasteiger partial charge on any atom is -0.368 e. The van der Waals surface area contributed by atoms with Gasteiger partial charge in [0.05, 0.1) is 16.6 Å². The molecule has 0 fully saturated rings. The van der Waals surface area contributed by atoms with Gasteiger partial charge in [0.15, 0.2) is 0 Å². The van der Waals surface area contributed by atoms with Gasteiger partial charge in [-0.3, -0.25) is 0 Å². The number of H-pyrrole nitrogens is 2. The first-order chi connectivity index (χ1) is 6.33. The number of aromatic amines is 2. The van der Waals surface area contributed by atoms with Gasteiger partial charge in [-0.05, 0) is 12.1 Å². The molecule has 0 radical (unpaired) electrons. The van der Waals surface area contributed by atoms with E-state index in [-0.39, 0.29) is 0 Å². The molecule has 0 spiro atoms. The maximum Gasteiger partial charge on any atom is 0.221 e. The number of nitrogens with one attached hydrogen (secondary N) is 2. The smallest absolute Gasteiger partial charge is 0.221 e. The van der Waals surface area contributed by atoms with Crippen molar-refractivity contribution in [2.24, 2.45) is 0 Å². The molecule has 13 heavy (non-hydrogen) atoms. The molecule has 0 atom stereocenters. The van der Waals surface area contributed by atoms with Gasteiger partial charge in [-0.1, -0.05) is 0 Å². The Morgan fingerprint density at radius 3 is 2.77 bits per heavy atom. The molecule has 1 aromatic carbocycles. The van der Waals surface area contributed by atoms with Gasteiger partial charge < -0.3 is 15.9 Å². The molecule has 4 N–H and O–H groups in total. The number of rotatable bonds is 0. The van der Waals surface area contributed by atoms with E-state index < -0.39 is 0 Å². The molecule has 0 bridgehead atoms. The van der Waals surface area contributed by atoms with E-state index >= 15 is 0 Å². The Bertz CT molecular complexity index is 528. The molecule has 5 nitrogen and oxygen atoms in total. The zero-order chi connectivity index (χ0) is 8.84. The SMILES string of the molecule is Nc1nc2cc3c[nH][nH]c3cc2n1. The van der Waals surface area contributed by atoms with Gasteiger partial charge in [0.25, 0.3) is 0 Å². The summed E-state index contributed by atoms with van der Waals surface area (Å²) in [6.07, 6.45) is 1.87. The molecule has 3 aromatic rings. The third kappa shape index (κ3) is 0.807. The highest BCUT2D eigenvalue weighted by atomic mass is 15.1. The number of hydrogen-bond acceptors (Lipinski definition) is 3. The first-order valence-electron chi connectivity index (χ1n) is 3.92. The highest BCUT2D eigenvalue weighted by molar-refractivity contribution is 5.93. The summed E-state index contributed by atoms with van der Waals surface area (Å²) in [6.45, 7) is 0. The molecule has 0 saturated carbocycles. The largest absolute Gasteiger partial charge is 0.368 e. The van der Waals surface area contributed by atoms with Crippen molar-refractivity contribution in [3.63, 3.8) is 0 Å². The highest BCUT2D eigenvalue weighted by Crippen LogP contribution is 2.19. The predicted molar refractivity (Wildman–Crippen MR) is 50.2 cm³/mol. The minimum absolute atomic E-state index is 0.326. The molecule has 0 unspecified atom stereocenters. The first kappa shape index (κ1) is 6.47. The summed E-state index contributed by atoms with van der Waals surface area (Å²) < 4.78 is 0. The lowest BCUT2D eigenvalue weighted by Gasteiger charge is -1.87. The van der Waals surface area contributed by atoms with Crippen LogP contribution in [0.15, 0.2) is 18.3 Å². The molecule has 2 heterocycles. The molecule has 0 aliphatic rings. The molecule has 2 aromatic heterocycles. The van der Waals surface area contributed by atoms with E-state index in [1.807, 2.05) is 18.3 Å². The van der Waals surface area contributed by atoms with E-state index in [4.69, 9.17) is 5.73 Å². The molecule has 0 saturated heterocycles. The van der Waals surface area contributed by atoms with Gasteiger partial charge in [0, 0.05) is 11.6 Å². The van der Waals surface area contributed by atoms with Crippen molar-refractivity contribution in [2.75, 3.05) is 5.73 Å². The molecule has 64 valence electrons. The third-order valence-electron chi connectivity index (χ3n) is 2.05. The van der Waals surface area contributed by atoms with Crippen molar-refractivity contribution >= 4 is 27.9 Å². The number of hydrogen-bond donors (Lipinski definition) is 3. The van der Waals surface area contributed by atoms with Crippen molar-refractivity contribution in [3.05, 3.63) is 18.3 Å². The van der Waals surface area contributed by atoms with Crippen molar-refractivity contribution in [2.45, 2.75) is 0 Å². The van der Waals surface area contributed by atoms with Crippen LogP contribution in [-0.2, 0) is 0 Å². The normalized spacial score (nSPS) is 11.4. The average Bonchev–Trinajstić information content (AvgIpc) is 2.63. The van der Waals surface area contributed by atoms with Crippen LogP contribution < -0.4 is 5.73 Å². The van der Waals surface area contributed by atoms with Gasteiger partial charge in [-0.15, -0.1) is 0 Å². The maximum absolute atomic E-state index is 5.48. The van der Waals surface area contributed by atoms with Gasteiger partial charge in [-0.25, -0.2) is 9.97 Å². The topological polar surface area (TPSA) is 83.4 Å². The maximum atomic E-state index is 5.48. The van der Waals surface area contributed by atoms with Crippen LogP contribution in [-0.4, -0.2) is 20.2 Å². The second-order valence-electron chi connectivity index (χ2n) is 2.92. The van der Waals surface area contributed by atoms with Crippen LogP contribution in [0.1, 0.15) is 0 Å². The molecular formula is C8H7N5. The quantitative estimate of drug-likeness (QED) is 0.474. The van der Waals surface area contributed by atoms with Crippen molar-refractivity contribution in [3.8, 4) is 0 Å². The van der Waals surface area contributed by atoms with Crippen molar-refractivity contribution in [1.29, 1.82) is 0 Å². The Kier molecular flexibility index (Phi) is 0.999. The summed E-state index contributed by atoms with van der Waals surface area (Å²) in [7, 11) is 0. The van der Waals surface area contributed by atoms with E-state index in [2.05, 4.69) is 20.2 Å². The Labute approximate surface area is 73.0 Å². The van der Waals surface area contributed by atoms with Crippen molar-refractivity contribution < 1.29 is 0 Å². The average molecular weight is 173 g/mol. The van der Waals surface area contributed by atoms with E-state index in [1.54, 1.807) is 0 Å². The van der Waals surface area contributed by atoms with Crippen LogP contribution in [0.25, 0.3) is 21.9 Å². The zero-order valence-electron chi connectivity index (χ0n) is 6.70. The Morgan fingerprint density at radius 2 is 1.92 bits per heavy atom. The summed E-state index contributed by atoms with van der Waals surface area (Å²) in [4.78, 5) is 8.16. The van der Waals surface area contributed by atoms with Crippen LogP contribution in [0.3, 0.4) is 0 Å². The van der Waals surface area contributed by atoms with E-state index in [1.165, 1.54) is 0 Å². The molecule has 5 heteroatoms. The van der Waals surface area contributed by atoms with Crippen LogP contribution in [0.4, 0.5) is 5.95 Å². The zero-order valence-corrected chi connectivity index (χ0v) is 6.70. The standard InChI is InChI=1S/C8H7N5/c9-8-11-6-1-4-3-10-13-5(4)2-7(6)12-8/h1-3,10,13H,(H2,9,11). The summed E-state index contributed by atoms with van der Waals surface area (Å²) >= 11 is 0. The van der Waals surface area contributed by atoms with E-state index in [0.29, 0.717) is 5.95 Å². The highest BCUT2D eigenvalue weighted by Gasteiger charge is 2.03. The molecule has 0 amide bonds. The van der Waals surface area contributed by atoms with Gasteiger partial charge >= 0.3 is 0 Å². The van der Waals surface area contributed by atoms with E-state index in [0.717, 1.165) is 21.9 Å². The van der Waals surface area contributed by atoms with Crippen LogP contribution in [0.2, 0.25) is 0 Å². The minimum atomic E-state index is 0.326. The first-order valence-corrected chi connectivity index (χ1v) is 3.92. The summed E-state index contributed by atoms with van der Waals surface area (Å²) in [6, 6.07) is 3.87. The molecule has 0 aliphatic heterocycles. The van der Waals surface area contributed by atoms with Crippen molar-refractivity contribution in [1.82, 2.24) is 20.2 Å². The summed E-state index contributed by atoms with van der Waals surface area (Å²) in [5.41, 5.74) is 8.14. The third-order valence-corrected chi connectivity index (χ3v) is 2.05. The number of anilines is 1. The number of nitrogen functional groups attached to an aromatic ring is 1. The molecule has 3 rings (SSSR count). The molecule has 0 aliphatic carbocycles. The monoisotopic (exact) mass is 173 g/mol. The summed E-state index contributed by atoms with van der Waals surface area (Å²) in [5, 5.41) is 6.97. The van der Waals surface area contributed by atoms with E-state index in [9.17, 15) is 0 Å². The number of fused-ring (bicyclic) bond motifs is 2. The second kappa shape index (κ2) is 2.01. The number of benzene rings is 1. The van der Waals surface area contributed by atoms with Gasteiger partial charge in [-0.2, -0.15) is 0 Å². The number of imidazole rings is 1. The fourth-order valence-electron chi connectivity index (χ4n) is 1.46. The fraction of sp³-hybridized carbons (Fsp3) is 0. The number of nitrogens with zero attached hydrogens (tertiary/aromatic N) is 2. The van der Waals surface area contributed by atoms with Crippen LogP contribution in [0, 0.1) is 0 Å². The summed E-state index contributed by atoms with van der Waals surface area (Å²) in [5.74, 6) is 0.326. The lowest BCUT2D eigenvalue weighted by atomic mass is 10.2. The van der Waals surface area contributed by atoms with Gasteiger partial charge in [0.1, 0.15) is 0 Å². The number of nitrogens with two attached hydrogens (primary N) is 1. The van der Waals surface area contributed by atoms with Crippen LogP contribution >= 0.6 is 0 Å². The Balaban J connectivity index is 2.54. The Hall–Kier alpha value is -2.04. The Morgan fingerprint density at radius 1 is 1.15 bits per heavy atom. The molecular weight excluding hydrogens is 166 g/mol. The predicted octanol–water partition coefficient (Wildman–Crippen LogP) is 1.02. The van der Waals surface area contributed by atoms with Gasteiger partial charge in [0.2, 0.25) is 5.95 Å². The fourth-order valence-corrected chi connectivity index (χ4v) is 1.46.